The van der Waals surface area contributed by atoms with Gasteiger partial charge in [-0.3, -0.25) is 0 Å². The number of nitrogen functional groups attached to an aromatic ring is 1. The van der Waals surface area contributed by atoms with Gasteiger partial charge in [-0.1, -0.05) is 0 Å². The molecule has 0 aliphatic heterocycles. The smallest absolute Gasteiger partial charge is 0.139 e. The largest absolute Gasteiger partial charge is 0.397 e. The number of hydrogen-bond acceptors (Lipinski definition) is 4. The minimum Gasteiger partial charge on any atom is -0.397 e. The molecule has 4 nitrogen and oxygen atoms in total. The molecule has 0 aliphatic carbocycles. The minimum absolute atomic E-state index is 0.366. The standard InChI is InChI=1S/C12H18BrFN2O2/c1-17-5-3-16(4-6-18-2)12-7-9(13)10(14)8-11(12)15/h7-8H,3-6,15H2,1-2H3. The first kappa shape index (κ1) is 15.2. The summed E-state index contributed by atoms with van der Waals surface area (Å²) in [6, 6.07) is 2.99. The van der Waals surface area contributed by atoms with Crippen LogP contribution < -0.4 is 10.6 Å². The van der Waals surface area contributed by atoms with Crippen molar-refractivity contribution in [2.75, 3.05) is 51.2 Å². The maximum Gasteiger partial charge on any atom is 0.139 e. The van der Waals surface area contributed by atoms with Crippen LogP contribution in [0.1, 0.15) is 0 Å². The second kappa shape index (κ2) is 7.56. The molecule has 2 N–H and O–H groups in total. The molecule has 0 heterocycles. The number of anilines is 2. The van der Waals surface area contributed by atoms with Crippen LogP contribution in [-0.4, -0.2) is 40.5 Å². The van der Waals surface area contributed by atoms with Gasteiger partial charge >= 0.3 is 0 Å². The Hall–Kier alpha value is -0.850. The molecule has 0 aliphatic rings. The molecule has 0 atom stereocenters. The number of methoxy groups -OCH3 is 2. The zero-order valence-electron chi connectivity index (χ0n) is 10.6. The van der Waals surface area contributed by atoms with Crippen molar-refractivity contribution < 1.29 is 13.9 Å². The summed E-state index contributed by atoms with van der Waals surface area (Å²) >= 11 is 3.17. The zero-order chi connectivity index (χ0) is 13.5. The van der Waals surface area contributed by atoms with E-state index < -0.39 is 0 Å². The maximum atomic E-state index is 13.3. The number of rotatable bonds is 7. The Bertz CT molecular complexity index is 383. The lowest BCUT2D eigenvalue weighted by atomic mass is 10.2. The van der Waals surface area contributed by atoms with E-state index in [4.69, 9.17) is 15.2 Å². The number of ether oxygens (including phenoxy) is 2. The van der Waals surface area contributed by atoms with Gasteiger partial charge in [0.2, 0.25) is 0 Å². The molecule has 0 bridgehead atoms. The predicted molar refractivity (Wildman–Crippen MR) is 74.5 cm³/mol. The Balaban J connectivity index is 2.92. The van der Waals surface area contributed by atoms with E-state index in [0.29, 0.717) is 36.5 Å². The summed E-state index contributed by atoms with van der Waals surface area (Å²) in [6.07, 6.45) is 0. The predicted octanol–water partition coefficient (Wildman–Crippen LogP) is 2.27. The highest BCUT2D eigenvalue weighted by Gasteiger charge is 2.12. The molecule has 0 amide bonds. The minimum atomic E-state index is -0.366. The molecule has 102 valence electrons. The van der Waals surface area contributed by atoms with Gasteiger partial charge in [-0.05, 0) is 22.0 Å². The first-order valence-electron chi connectivity index (χ1n) is 5.57. The van der Waals surface area contributed by atoms with Crippen LogP contribution in [-0.2, 0) is 9.47 Å². The molecule has 0 unspecified atom stereocenters. The van der Waals surface area contributed by atoms with Gasteiger partial charge in [0.15, 0.2) is 0 Å². The van der Waals surface area contributed by atoms with Crippen molar-refractivity contribution in [3.8, 4) is 0 Å². The van der Waals surface area contributed by atoms with Gasteiger partial charge < -0.3 is 20.1 Å². The molecular formula is C12H18BrFN2O2. The number of halogens is 2. The van der Waals surface area contributed by atoms with E-state index in [1.165, 1.54) is 6.07 Å². The molecule has 1 aromatic carbocycles. The van der Waals surface area contributed by atoms with Crippen molar-refractivity contribution in [3.63, 3.8) is 0 Å². The fourth-order valence-electron chi connectivity index (χ4n) is 1.58. The Morgan fingerprint density at radius 3 is 2.28 bits per heavy atom. The number of hydrogen-bond donors (Lipinski definition) is 1. The van der Waals surface area contributed by atoms with Gasteiger partial charge in [0.25, 0.3) is 0 Å². The number of benzene rings is 1. The van der Waals surface area contributed by atoms with E-state index in [0.717, 1.165) is 5.69 Å². The third-order valence-corrected chi connectivity index (χ3v) is 3.15. The van der Waals surface area contributed by atoms with Gasteiger partial charge in [0.1, 0.15) is 5.82 Å². The molecular weight excluding hydrogens is 303 g/mol. The van der Waals surface area contributed by atoms with Crippen molar-refractivity contribution in [1.29, 1.82) is 0 Å². The first-order valence-corrected chi connectivity index (χ1v) is 6.36. The normalized spacial score (nSPS) is 10.7. The fourth-order valence-corrected chi connectivity index (χ4v) is 1.91. The van der Waals surface area contributed by atoms with Crippen LogP contribution in [0, 0.1) is 5.82 Å². The SMILES string of the molecule is COCCN(CCOC)c1cc(Br)c(F)cc1N. The summed E-state index contributed by atoms with van der Waals surface area (Å²) in [5.74, 6) is -0.366. The third kappa shape index (κ3) is 4.12. The van der Waals surface area contributed by atoms with E-state index in [9.17, 15) is 4.39 Å². The van der Waals surface area contributed by atoms with Crippen LogP contribution in [0.5, 0.6) is 0 Å². The van der Waals surface area contributed by atoms with Crippen LogP contribution >= 0.6 is 15.9 Å². The molecule has 1 rings (SSSR count). The van der Waals surface area contributed by atoms with Gasteiger partial charge in [-0.25, -0.2) is 4.39 Å². The first-order chi connectivity index (χ1) is 8.60. The molecule has 0 fully saturated rings. The number of nitrogens with two attached hydrogens (primary N) is 1. The Kier molecular flexibility index (Phi) is 6.38. The quantitative estimate of drug-likeness (QED) is 0.783. The molecule has 18 heavy (non-hydrogen) atoms. The third-order valence-electron chi connectivity index (χ3n) is 2.54. The molecule has 6 heteroatoms. The second-order valence-corrected chi connectivity index (χ2v) is 4.65. The molecule has 0 saturated heterocycles. The van der Waals surface area contributed by atoms with Gasteiger partial charge in [-0.2, -0.15) is 0 Å². The maximum absolute atomic E-state index is 13.3. The summed E-state index contributed by atoms with van der Waals surface area (Å²) in [4.78, 5) is 2.01. The molecule has 0 spiro atoms. The van der Waals surface area contributed by atoms with Crippen LogP contribution in [0.15, 0.2) is 16.6 Å². The summed E-state index contributed by atoms with van der Waals surface area (Å²) in [5, 5.41) is 0. The van der Waals surface area contributed by atoms with Crippen molar-refractivity contribution in [1.82, 2.24) is 0 Å². The highest BCUT2D eigenvalue weighted by atomic mass is 79.9. The lowest BCUT2D eigenvalue weighted by Crippen LogP contribution is -2.31. The van der Waals surface area contributed by atoms with Crippen LogP contribution in [0.2, 0.25) is 0 Å². The van der Waals surface area contributed by atoms with Gasteiger partial charge in [0.05, 0.1) is 29.1 Å². The monoisotopic (exact) mass is 320 g/mol. The average molecular weight is 321 g/mol. The fraction of sp³-hybridized carbons (Fsp3) is 0.500. The van der Waals surface area contributed by atoms with Crippen LogP contribution in [0.25, 0.3) is 0 Å². The second-order valence-electron chi connectivity index (χ2n) is 3.80. The van der Waals surface area contributed by atoms with E-state index in [2.05, 4.69) is 15.9 Å². The Morgan fingerprint density at radius 2 is 1.78 bits per heavy atom. The Labute approximate surface area is 115 Å². The molecule has 0 aromatic heterocycles. The van der Waals surface area contributed by atoms with Crippen molar-refractivity contribution in [3.05, 3.63) is 22.4 Å². The van der Waals surface area contributed by atoms with Crippen molar-refractivity contribution in [2.24, 2.45) is 0 Å². The average Bonchev–Trinajstić information content (AvgIpc) is 2.35. The topological polar surface area (TPSA) is 47.7 Å². The number of nitrogens with zero attached hydrogens (tertiary/aromatic N) is 1. The molecule has 0 saturated carbocycles. The van der Waals surface area contributed by atoms with Crippen LogP contribution in [0.4, 0.5) is 15.8 Å². The molecule has 1 aromatic rings. The van der Waals surface area contributed by atoms with E-state index >= 15 is 0 Å². The van der Waals surface area contributed by atoms with Gasteiger partial charge in [0, 0.05) is 33.4 Å². The van der Waals surface area contributed by atoms with Gasteiger partial charge in [-0.15, -0.1) is 0 Å². The van der Waals surface area contributed by atoms with Crippen molar-refractivity contribution >= 4 is 27.3 Å². The summed E-state index contributed by atoms with van der Waals surface area (Å²) in [5.41, 5.74) is 7.03. The lowest BCUT2D eigenvalue weighted by molar-refractivity contribution is 0.190. The highest BCUT2D eigenvalue weighted by Crippen LogP contribution is 2.29. The lowest BCUT2D eigenvalue weighted by Gasteiger charge is -2.26. The highest BCUT2D eigenvalue weighted by molar-refractivity contribution is 9.10. The van der Waals surface area contributed by atoms with Crippen molar-refractivity contribution in [2.45, 2.75) is 0 Å². The zero-order valence-corrected chi connectivity index (χ0v) is 12.2. The van der Waals surface area contributed by atoms with E-state index in [1.807, 2.05) is 4.90 Å². The Morgan fingerprint density at radius 1 is 1.22 bits per heavy atom. The van der Waals surface area contributed by atoms with Crippen LogP contribution in [0.3, 0.4) is 0 Å². The molecule has 0 radical (unpaired) electrons. The summed E-state index contributed by atoms with van der Waals surface area (Å²) in [6.45, 7) is 2.47. The van der Waals surface area contributed by atoms with E-state index in [-0.39, 0.29) is 5.82 Å². The summed E-state index contributed by atoms with van der Waals surface area (Å²) in [7, 11) is 3.27. The summed E-state index contributed by atoms with van der Waals surface area (Å²) < 4.78 is 23.8. The van der Waals surface area contributed by atoms with E-state index in [1.54, 1.807) is 20.3 Å².